The zero-order valence-electron chi connectivity index (χ0n) is 26.3. The summed E-state index contributed by atoms with van der Waals surface area (Å²) < 4.78 is 76.4. The molecule has 12 heteroatoms. The van der Waals surface area contributed by atoms with Crippen LogP contribution in [0.3, 0.4) is 0 Å². The Morgan fingerprint density at radius 3 is 2.11 bits per heavy atom. The van der Waals surface area contributed by atoms with Crippen molar-refractivity contribution in [2.75, 3.05) is 18.0 Å². The number of fused-ring (bicyclic) bond motifs is 3. The summed E-state index contributed by atoms with van der Waals surface area (Å²) in [5, 5.41) is 9.44. The van der Waals surface area contributed by atoms with Crippen LogP contribution in [0.2, 0.25) is 0 Å². The number of likely N-dealkylation sites (tertiary alicyclic amines) is 1. The number of halogens is 5. The molecule has 2 aromatic carbocycles. The van der Waals surface area contributed by atoms with Crippen molar-refractivity contribution in [1.82, 2.24) is 4.90 Å². The van der Waals surface area contributed by atoms with Crippen molar-refractivity contribution in [2.24, 2.45) is 11.8 Å². The maximum Gasteiger partial charge on any atom is 0.426 e. The molecule has 3 unspecified atom stereocenters. The van der Waals surface area contributed by atoms with Crippen molar-refractivity contribution in [3.63, 3.8) is 0 Å². The summed E-state index contributed by atoms with van der Waals surface area (Å²) in [6.07, 6.45) is -3.91. The van der Waals surface area contributed by atoms with Crippen LogP contribution in [0.15, 0.2) is 42.5 Å². The van der Waals surface area contributed by atoms with Gasteiger partial charge in [-0.3, -0.25) is 14.5 Å². The van der Waals surface area contributed by atoms with Crippen LogP contribution in [-0.4, -0.2) is 58.9 Å². The molecule has 0 radical (unpaired) electrons. The zero-order valence-corrected chi connectivity index (χ0v) is 26.3. The van der Waals surface area contributed by atoms with Gasteiger partial charge in [-0.15, -0.1) is 0 Å². The minimum Gasteiger partial charge on any atom is -0.481 e. The largest absolute Gasteiger partial charge is 0.481 e. The Balaban J connectivity index is 1.63. The summed E-state index contributed by atoms with van der Waals surface area (Å²) in [6, 6.07) is 8.71. The van der Waals surface area contributed by atoms with E-state index in [1.807, 2.05) is 0 Å². The van der Waals surface area contributed by atoms with Crippen LogP contribution in [0.4, 0.5) is 32.4 Å². The Bertz CT molecular complexity index is 1490. The van der Waals surface area contributed by atoms with Crippen molar-refractivity contribution in [1.29, 1.82) is 0 Å². The number of ether oxygens (including phenoxy) is 1. The van der Waals surface area contributed by atoms with Gasteiger partial charge in [0, 0.05) is 23.4 Å². The molecule has 46 heavy (non-hydrogen) atoms. The number of rotatable bonds is 5. The molecule has 5 rings (SSSR count). The molecule has 2 aliphatic heterocycles. The Morgan fingerprint density at radius 1 is 0.935 bits per heavy atom. The number of anilines is 1. The molecule has 1 N–H and O–H groups in total. The Labute approximate surface area is 264 Å². The van der Waals surface area contributed by atoms with E-state index in [0.717, 1.165) is 12.1 Å². The average molecular weight is 651 g/mol. The summed E-state index contributed by atoms with van der Waals surface area (Å²) in [4.78, 5) is 42.2. The second kappa shape index (κ2) is 11.8. The van der Waals surface area contributed by atoms with Crippen LogP contribution < -0.4 is 4.90 Å². The fourth-order valence-electron chi connectivity index (χ4n) is 7.27. The van der Waals surface area contributed by atoms with Gasteiger partial charge in [0.25, 0.3) is 0 Å². The monoisotopic (exact) mass is 650 g/mol. The van der Waals surface area contributed by atoms with Crippen LogP contribution in [0.5, 0.6) is 0 Å². The third-order valence-electron chi connectivity index (χ3n) is 9.82. The van der Waals surface area contributed by atoms with Gasteiger partial charge in [0.05, 0.1) is 24.2 Å². The summed E-state index contributed by atoms with van der Waals surface area (Å²) >= 11 is 0. The lowest BCUT2D eigenvalue weighted by Gasteiger charge is -2.48. The first-order chi connectivity index (χ1) is 21.3. The van der Waals surface area contributed by atoms with Crippen LogP contribution in [-0.2, 0) is 31.8 Å². The highest BCUT2D eigenvalue weighted by Crippen LogP contribution is 2.53. The molecule has 1 saturated heterocycles. The molecule has 2 aromatic rings. The average Bonchev–Trinajstić information content (AvgIpc) is 3.34. The second-order valence-electron chi connectivity index (χ2n) is 14.0. The van der Waals surface area contributed by atoms with Gasteiger partial charge < -0.3 is 14.7 Å². The number of carboxylic acid groups (broad SMARTS) is 1. The van der Waals surface area contributed by atoms with E-state index in [1.165, 1.54) is 23.1 Å². The fraction of sp³-hybridized carbons (Fsp3) is 0.559. The van der Waals surface area contributed by atoms with Crippen LogP contribution >= 0.6 is 0 Å². The number of hydrogen-bond acceptors (Lipinski definition) is 4. The maximum atomic E-state index is 15.3. The molecule has 2 amide bonds. The van der Waals surface area contributed by atoms with E-state index in [2.05, 4.69) is 0 Å². The molecule has 1 saturated carbocycles. The zero-order chi connectivity index (χ0) is 33.8. The van der Waals surface area contributed by atoms with Crippen LogP contribution in [0, 0.1) is 17.7 Å². The molecule has 250 valence electrons. The molecular weight excluding hydrogens is 611 g/mol. The molecule has 3 aliphatic rings. The predicted octanol–water partition coefficient (Wildman–Crippen LogP) is 7.30. The van der Waals surface area contributed by atoms with Crippen LogP contribution in [0.1, 0.15) is 76.5 Å². The van der Waals surface area contributed by atoms with Gasteiger partial charge in [0.1, 0.15) is 11.4 Å². The molecular formula is C34H39F5N2O5. The minimum atomic E-state index is -5.22. The molecule has 3 atom stereocenters. The topological polar surface area (TPSA) is 87.2 Å². The van der Waals surface area contributed by atoms with Crippen molar-refractivity contribution >= 4 is 23.7 Å². The normalized spacial score (nSPS) is 26.2. The van der Waals surface area contributed by atoms with E-state index in [9.17, 15) is 37.1 Å². The highest BCUT2D eigenvalue weighted by Gasteiger charge is 2.58. The van der Waals surface area contributed by atoms with E-state index in [0.29, 0.717) is 50.2 Å². The number of carbonyl (C=O) groups is 3. The van der Waals surface area contributed by atoms with E-state index in [1.54, 1.807) is 37.8 Å². The number of carboxylic acids is 1. The summed E-state index contributed by atoms with van der Waals surface area (Å²) in [5.74, 6) is -2.45. The number of aliphatic carboxylic acids is 1. The van der Waals surface area contributed by atoms with Crippen LogP contribution in [0.25, 0.3) is 0 Å². The van der Waals surface area contributed by atoms with Crippen molar-refractivity contribution in [3.8, 4) is 0 Å². The van der Waals surface area contributed by atoms with Gasteiger partial charge in [-0.1, -0.05) is 24.3 Å². The first-order valence-electron chi connectivity index (χ1n) is 15.5. The third kappa shape index (κ3) is 6.19. The third-order valence-corrected chi connectivity index (χ3v) is 9.82. The molecule has 2 fully saturated rings. The Kier molecular flexibility index (Phi) is 8.66. The van der Waals surface area contributed by atoms with E-state index < -0.39 is 64.2 Å². The number of nitrogens with zero attached hydrogens (tertiary/aromatic N) is 2. The highest BCUT2D eigenvalue weighted by atomic mass is 19.4. The first-order valence-corrected chi connectivity index (χ1v) is 15.5. The quantitative estimate of drug-likeness (QED) is 0.344. The Hall–Kier alpha value is -3.70. The molecule has 0 spiro atoms. The van der Waals surface area contributed by atoms with Crippen molar-refractivity contribution in [2.45, 2.75) is 95.1 Å². The standard InChI is InChI=1S/C34H39F5N2O5/c1-31(2,3)46-30(45)41-19-27-33(18-20-5-12-24(35)13-6-20,25-14-11-23(17-26(25)41)32(4,36)34(37,38)39)15-16-40(27)28(42)21-7-9-22(10-8-21)29(43)44/h5-6,11-14,17,21-22,27H,7-10,15-16,18-19H2,1-4H3,(H,43,44). The van der Waals surface area contributed by atoms with E-state index in [-0.39, 0.29) is 31.1 Å². The van der Waals surface area contributed by atoms with Crippen molar-refractivity contribution in [3.05, 3.63) is 65.0 Å². The van der Waals surface area contributed by atoms with E-state index in [4.69, 9.17) is 4.74 Å². The summed E-state index contributed by atoms with van der Waals surface area (Å²) in [6.45, 7) is 5.51. The smallest absolute Gasteiger partial charge is 0.426 e. The summed E-state index contributed by atoms with van der Waals surface area (Å²) in [7, 11) is 0. The number of hydrogen-bond donors (Lipinski definition) is 1. The molecule has 7 nitrogen and oxygen atoms in total. The second-order valence-corrected chi connectivity index (χ2v) is 14.0. The molecule has 2 heterocycles. The van der Waals surface area contributed by atoms with E-state index >= 15 is 4.39 Å². The lowest BCUT2D eigenvalue weighted by Crippen LogP contribution is -2.58. The van der Waals surface area contributed by atoms with Gasteiger partial charge in [-0.05, 0) is 95.5 Å². The highest BCUT2D eigenvalue weighted by molar-refractivity contribution is 5.91. The van der Waals surface area contributed by atoms with Gasteiger partial charge in [0.15, 0.2) is 0 Å². The number of benzene rings is 2. The van der Waals surface area contributed by atoms with Gasteiger partial charge >= 0.3 is 18.2 Å². The first kappa shape index (κ1) is 33.7. The lowest BCUT2D eigenvalue weighted by atomic mass is 9.66. The number of carbonyl (C=O) groups excluding carboxylic acids is 2. The molecule has 0 bridgehead atoms. The lowest BCUT2D eigenvalue weighted by molar-refractivity contribution is -0.228. The van der Waals surface area contributed by atoms with Gasteiger partial charge in [-0.2, -0.15) is 13.2 Å². The minimum absolute atomic E-state index is 0.0644. The fourth-order valence-corrected chi connectivity index (χ4v) is 7.27. The summed E-state index contributed by atoms with van der Waals surface area (Å²) in [5.41, 5.74) is -5.03. The number of amides is 2. The predicted molar refractivity (Wildman–Crippen MR) is 160 cm³/mol. The van der Waals surface area contributed by atoms with Crippen molar-refractivity contribution < 1.29 is 46.2 Å². The number of alkyl halides is 4. The molecule has 0 aromatic heterocycles. The van der Waals surface area contributed by atoms with Gasteiger partial charge in [0.2, 0.25) is 11.6 Å². The van der Waals surface area contributed by atoms with Gasteiger partial charge in [-0.25, -0.2) is 13.6 Å². The Morgan fingerprint density at radius 2 is 1.54 bits per heavy atom. The SMILES string of the molecule is CC(C)(C)OC(=O)N1CC2N(C(=O)C3CCC(C(=O)O)CC3)CCC2(Cc2ccc(F)cc2)c2ccc(C(C)(F)C(F)(F)F)cc21. The maximum absolute atomic E-state index is 15.3. The molecule has 1 aliphatic carbocycles.